The molecule has 0 radical (unpaired) electrons. The Morgan fingerprint density at radius 3 is 1.66 bits per heavy atom. The van der Waals surface area contributed by atoms with Gasteiger partial charge in [-0.2, -0.15) is 0 Å². The summed E-state index contributed by atoms with van der Waals surface area (Å²) in [5.41, 5.74) is 10.8. The summed E-state index contributed by atoms with van der Waals surface area (Å²) in [6.07, 6.45) is 0. The molecule has 0 N–H and O–H groups in total. The maximum absolute atomic E-state index is 7.40. The fraction of sp³-hybridized carbons (Fsp3) is 0. The van der Waals surface area contributed by atoms with E-state index in [2.05, 4.69) is 158 Å². The fourth-order valence-electron chi connectivity index (χ4n) is 10.4. The summed E-state index contributed by atoms with van der Waals surface area (Å²) >= 11 is 3.62. The molecule has 0 saturated heterocycles. The van der Waals surface area contributed by atoms with Crippen molar-refractivity contribution >= 4 is 130 Å². The van der Waals surface area contributed by atoms with Gasteiger partial charge in [-0.15, -0.1) is 22.7 Å². The molecule has 0 unspecified atom stereocenters. The number of ether oxygens (including phenoxy) is 2. The molecule has 9 aromatic carbocycles. The predicted molar refractivity (Wildman–Crippen MR) is 255 cm³/mol. The first kappa shape index (κ1) is 32.5. The minimum atomic E-state index is -0.304. The molecule has 13 aromatic rings. The maximum Gasteiger partial charge on any atom is 0.267 e. The highest BCUT2D eigenvalue weighted by Crippen LogP contribution is 2.53. The van der Waals surface area contributed by atoms with E-state index in [4.69, 9.17) is 18.3 Å². The Balaban J connectivity index is 1.15. The smallest absolute Gasteiger partial charge is 0.267 e. The van der Waals surface area contributed by atoms with Crippen molar-refractivity contribution in [3.8, 4) is 45.3 Å². The van der Waals surface area contributed by atoms with E-state index in [0.717, 1.165) is 110 Å². The Bertz CT molecular complexity index is 4050. The molecule has 6 heterocycles. The molecule has 0 atom stereocenters. The number of thiophene rings is 2. The first-order valence-corrected chi connectivity index (χ1v) is 22.1. The largest absolute Gasteiger partial charge is 0.457 e. The predicted octanol–water partition coefficient (Wildman–Crippen LogP) is 14.3. The summed E-state index contributed by atoms with van der Waals surface area (Å²) in [6, 6.07) is 58.0. The lowest BCUT2D eigenvalue weighted by Gasteiger charge is -2.34. The third-order valence-electron chi connectivity index (χ3n) is 13.0. The SMILES string of the molecule is c1ccc(-c2cc3c4c(c2)Oc2c(c5oc6ccc(-c7ccccc7)cc6c5c5c2sc2ccccc25)B4c2c(c4oc5ccccc5c4c4c2sc2ccccc24)O3)cc1. The number of rotatable bonds is 2. The number of furan rings is 2. The first-order valence-electron chi connectivity index (χ1n) is 20.5. The monoisotopic (exact) mass is 814 g/mol. The summed E-state index contributed by atoms with van der Waals surface area (Å²) in [5, 5.41) is 9.12. The molecule has 0 aliphatic carbocycles. The van der Waals surface area contributed by atoms with Gasteiger partial charge in [0.25, 0.3) is 6.71 Å². The van der Waals surface area contributed by atoms with Crippen molar-refractivity contribution in [1.82, 2.24) is 0 Å². The molecular formula is C54H27BO4S2. The van der Waals surface area contributed by atoms with E-state index in [1.54, 1.807) is 11.3 Å². The van der Waals surface area contributed by atoms with Crippen LogP contribution in [0.5, 0.6) is 23.0 Å². The Hall–Kier alpha value is -7.32. The van der Waals surface area contributed by atoms with E-state index in [9.17, 15) is 0 Å². The minimum Gasteiger partial charge on any atom is -0.457 e. The topological polar surface area (TPSA) is 44.7 Å². The Morgan fingerprint density at radius 1 is 0.361 bits per heavy atom. The van der Waals surface area contributed by atoms with Crippen LogP contribution in [0.3, 0.4) is 0 Å². The highest BCUT2D eigenvalue weighted by atomic mass is 32.1. The molecule has 0 amide bonds. The maximum atomic E-state index is 7.40. The third kappa shape index (κ3) is 4.24. The molecule has 0 spiro atoms. The fourth-order valence-corrected chi connectivity index (χ4v) is 12.9. The van der Waals surface area contributed by atoms with Gasteiger partial charge in [0.05, 0.1) is 4.70 Å². The van der Waals surface area contributed by atoms with Gasteiger partial charge < -0.3 is 18.3 Å². The normalized spacial score (nSPS) is 13.1. The van der Waals surface area contributed by atoms with Gasteiger partial charge in [0.15, 0.2) is 11.3 Å². The van der Waals surface area contributed by atoms with E-state index in [1.165, 1.54) is 35.8 Å². The lowest BCUT2D eigenvalue weighted by molar-refractivity contribution is 0.465. The van der Waals surface area contributed by atoms with Crippen LogP contribution >= 0.6 is 22.7 Å². The van der Waals surface area contributed by atoms with E-state index >= 15 is 0 Å². The van der Waals surface area contributed by atoms with Crippen LogP contribution in [0.25, 0.3) is 106 Å². The zero-order chi connectivity index (χ0) is 39.5. The number of para-hydroxylation sites is 1. The van der Waals surface area contributed by atoms with Crippen LogP contribution < -0.4 is 25.9 Å². The van der Waals surface area contributed by atoms with Crippen LogP contribution in [-0.4, -0.2) is 6.71 Å². The first-order chi connectivity index (χ1) is 30.2. The average molecular weight is 815 g/mol. The van der Waals surface area contributed by atoms with Gasteiger partial charge in [0.2, 0.25) is 0 Å². The van der Waals surface area contributed by atoms with Crippen molar-refractivity contribution in [2.24, 2.45) is 0 Å². The van der Waals surface area contributed by atoms with Gasteiger partial charge in [-0.1, -0.05) is 121 Å². The lowest BCUT2D eigenvalue weighted by atomic mass is 9.34. The van der Waals surface area contributed by atoms with E-state index in [0.29, 0.717) is 0 Å². The van der Waals surface area contributed by atoms with Crippen molar-refractivity contribution in [2.45, 2.75) is 0 Å². The highest BCUT2D eigenvalue weighted by molar-refractivity contribution is 7.28. The molecule has 282 valence electrons. The third-order valence-corrected chi connectivity index (χ3v) is 15.3. The Morgan fingerprint density at radius 2 is 0.918 bits per heavy atom. The molecule has 2 aliphatic heterocycles. The van der Waals surface area contributed by atoms with Crippen molar-refractivity contribution in [2.75, 3.05) is 0 Å². The summed E-state index contributed by atoms with van der Waals surface area (Å²) < 4.78 is 33.7. The molecule has 4 aromatic heterocycles. The van der Waals surface area contributed by atoms with E-state index < -0.39 is 0 Å². The quantitative estimate of drug-likeness (QED) is 0.163. The van der Waals surface area contributed by atoms with Crippen LogP contribution in [0.1, 0.15) is 0 Å². The molecular weight excluding hydrogens is 788 g/mol. The summed E-state index contributed by atoms with van der Waals surface area (Å²) in [4.78, 5) is 0. The van der Waals surface area contributed by atoms with Gasteiger partial charge in [-0.3, -0.25) is 0 Å². The second kappa shape index (κ2) is 11.7. The molecule has 7 heteroatoms. The molecule has 4 nitrogen and oxygen atoms in total. The van der Waals surface area contributed by atoms with Gasteiger partial charge in [0, 0.05) is 68.1 Å². The van der Waals surface area contributed by atoms with Gasteiger partial charge in [0.1, 0.15) is 34.0 Å². The van der Waals surface area contributed by atoms with Crippen molar-refractivity contribution in [1.29, 1.82) is 0 Å². The summed E-state index contributed by atoms with van der Waals surface area (Å²) in [7, 11) is 0. The van der Waals surface area contributed by atoms with E-state index in [-0.39, 0.29) is 6.71 Å². The second-order valence-electron chi connectivity index (χ2n) is 16.2. The van der Waals surface area contributed by atoms with Gasteiger partial charge >= 0.3 is 0 Å². The van der Waals surface area contributed by atoms with Crippen LogP contribution in [0.15, 0.2) is 173 Å². The molecule has 0 bridgehead atoms. The molecule has 0 fully saturated rings. The standard InChI is InChI=1S/C54H27BO4S2/c1-3-13-28(14-4-1)30-23-24-37-35(25-30)43-45-34-19-9-12-22-41(34)61-54(45)52-47(49(43)56-37)55-46-38(26-31(27-39(46)59-52)29-15-5-2-6-16-29)58-51-48(55)53-44(33-18-8-11-21-40(33)60-53)42-32-17-7-10-20-36(32)57-50(42)51/h1-27H. The van der Waals surface area contributed by atoms with Crippen LogP contribution in [0.4, 0.5) is 0 Å². The Kier molecular flexibility index (Phi) is 6.24. The van der Waals surface area contributed by atoms with Crippen LogP contribution in [0, 0.1) is 0 Å². The molecule has 15 rings (SSSR count). The Labute approximate surface area is 355 Å². The minimum absolute atomic E-state index is 0.304. The second-order valence-corrected chi connectivity index (χ2v) is 18.3. The lowest BCUT2D eigenvalue weighted by Crippen LogP contribution is -2.57. The highest BCUT2D eigenvalue weighted by Gasteiger charge is 2.47. The van der Waals surface area contributed by atoms with Crippen molar-refractivity contribution < 1.29 is 18.3 Å². The number of hydrogen-bond donors (Lipinski definition) is 0. The molecule has 0 saturated carbocycles. The van der Waals surface area contributed by atoms with Crippen LogP contribution in [0.2, 0.25) is 0 Å². The zero-order valence-electron chi connectivity index (χ0n) is 32.1. The number of hydrogen-bond acceptors (Lipinski definition) is 6. The van der Waals surface area contributed by atoms with Gasteiger partial charge in [-0.25, -0.2) is 0 Å². The summed E-state index contributed by atoms with van der Waals surface area (Å²) in [6.45, 7) is -0.304. The average Bonchev–Trinajstić information content (AvgIpc) is 4.09. The number of benzene rings is 9. The van der Waals surface area contributed by atoms with Gasteiger partial charge in [-0.05, 0) is 70.2 Å². The van der Waals surface area contributed by atoms with E-state index in [1.807, 2.05) is 17.4 Å². The molecule has 2 aliphatic rings. The van der Waals surface area contributed by atoms with Crippen molar-refractivity contribution in [3.63, 3.8) is 0 Å². The van der Waals surface area contributed by atoms with Crippen molar-refractivity contribution in [3.05, 3.63) is 164 Å². The molecule has 61 heavy (non-hydrogen) atoms. The van der Waals surface area contributed by atoms with Crippen LogP contribution in [-0.2, 0) is 0 Å². The number of fused-ring (bicyclic) bond motifs is 22. The zero-order valence-corrected chi connectivity index (χ0v) is 33.7. The summed E-state index contributed by atoms with van der Waals surface area (Å²) in [5.74, 6) is 3.14.